The molecule has 1 heterocycles. The molecular formula is C19H25Cl2F3N2O6. The van der Waals surface area contributed by atoms with Crippen molar-refractivity contribution in [3.63, 3.8) is 0 Å². The number of nitrogens with zero attached hydrogens (tertiary/aromatic N) is 1. The molecule has 1 amide bonds. The molecule has 0 aromatic heterocycles. The summed E-state index contributed by atoms with van der Waals surface area (Å²) in [6.45, 7) is 3.11. The zero-order valence-corrected chi connectivity index (χ0v) is 18.6. The first-order valence-electron chi connectivity index (χ1n) is 9.62. The highest BCUT2D eigenvalue weighted by molar-refractivity contribution is 6.42. The number of likely N-dealkylation sites (tertiary alicyclic amines) is 1. The first-order valence-corrected chi connectivity index (χ1v) is 10.4. The number of benzene rings is 1. The van der Waals surface area contributed by atoms with Crippen LogP contribution in [-0.2, 0) is 9.59 Å². The summed E-state index contributed by atoms with van der Waals surface area (Å²) in [7, 11) is 0. The van der Waals surface area contributed by atoms with Crippen LogP contribution in [0.2, 0.25) is 10.0 Å². The molecule has 0 bridgehead atoms. The molecule has 1 fully saturated rings. The lowest BCUT2D eigenvalue weighted by molar-refractivity contribution is -0.192. The van der Waals surface area contributed by atoms with Gasteiger partial charge in [0.15, 0.2) is 6.10 Å². The molecule has 1 saturated heterocycles. The van der Waals surface area contributed by atoms with Gasteiger partial charge in [-0.15, -0.1) is 0 Å². The molecule has 32 heavy (non-hydrogen) atoms. The van der Waals surface area contributed by atoms with E-state index >= 15 is 0 Å². The number of piperidine rings is 1. The summed E-state index contributed by atoms with van der Waals surface area (Å²) >= 11 is 12.1. The van der Waals surface area contributed by atoms with Crippen molar-refractivity contribution >= 4 is 35.1 Å². The minimum atomic E-state index is -5.08. The van der Waals surface area contributed by atoms with Crippen molar-refractivity contribution in [1.29, 1.82) is 0 Å². The number of amides is 1. The van der Waals surface area contributed by atoms with E-state index in [9.17, 15) is 28.2 Å². The summed E-state index contributed by atoms with van der Waals surface area (Å²) in [5, 5.41) is 39.9. The van der Waals surface area contributed by atoms with Crippen molar-refractivity contribution in [3.05, 3.63) is 27.7 Å². The maximum Gasteiger partial charge on any atom is 0.490 e. The van der Waals surface area contributed by atoms with E-state index in [1.54, 1.807) is 11.0 Å². The normalized spacial score (nSPS) is 16.7. The van der Waals surface area contributed by atoms with E-state index in [0.717, 1.165) is 0 Å². The largest absolute Gasteiger partial charge is 0.508 e. The quantitative estimate of drug-likeness (QED) is 0.402. The van der Waals surface area contributed by atoms with Gasteiger partial charge in [-0.05, 0) is 31.4 Å². The molecule has 13 heteroatoms. The number of aliphatic hydroxyl groups is 2. The fourth-order valence-corrected chi connectivity index (χ4v) is 3.62. The van der Waals surface area contributed by atoms with Gasteiger partial charge in [0.1, 0.15) is 5.75 Å². The van der Waals surface area contributed by atoms with Crippen LogP contribution in [-0.4, -0.2) is 75.7 Å². The Morgan fingerprint density at radius 1 is 1.22 bits per heavy atom. The van der Waals surface area contributed by atoms with Crippen LogP contribution in [0.25, 0.3) is 0 Å². The number of aromatic hydroxyl groups is 1. The fraction of sp³-hybridized carbons (Fsp3) is 0.579. The first kappa shape index (κ1) is 28.2. The van der Waals surface area contributed by atoms with Gasteiger partial charge in [0, 0.05) is 30.8 Å². The molecule has 1 aliphatic rings. The van der Waals surface area contributed by atoms with Crippen molar-refractivity contribution in [1.82, 2.24) is 10.2 Å². The van der Waals surface area contributed by atoms with Gasteiger partial charge in [-0.25, -0.2) is 4.79 Å². The third kappa shape index (κ3) is 7.96. The number of hydrogen-bond acceptors (Lipinski definition) is 6. The molecule has 2 rings (SSSR count). The van der Waals surface area contributed by atoms with Crippen molar-refractivity contribution in [3.8, 4) is 5.75 Å². The molecule has 0 aliphatic carbocycles. The second-order valence-electron chi connectivity index (χ2n) is 7.02. The lowest BCUT2D eigenvalue weighted by Crippen LogP contribution is -2.46. The number of alkyl halides is 3. The predicted molar refractivity (Wildman–Crippen MR) is 111 cm³/mol. The molecule has 2 atom stereocenters. The van der Waals surface area contributed by atoms with Gasteiger partial charge in [-0.3, -0.25) is 4.79 Å². The Hall–Kier alpha value is -1.79. The average molecular weight is 505 g/mol. The van der Waals surface area contributed by atoms with Crippen LogP contribution in [0.5, 0.6) is 5.75 Å². The number of carbonyl (C=O) groups is 2. The molecule has 1 aliphatic heterocycles. The lowest BCUT2D eigenvalue weighted by atomic mass is 9.84. The SMILES string of the molecule is CCNC(c1cc(Cl)c(Cl)cc1O)C1CCN(C(=O)C(O)CO)CC1.O=C(O)C(F)(F)F. The molecule has 2 unspecified atom stereocenters. The Labute approximate surface area is 192 Å². The van der Waals surface area contributed by atoms with E-state index in [4.69, 9.17) is 38.2 Å². The molecule has 5 N–H and O–H groups in total. The zero-order chi connectivity index (χ0) is 24.6. The number of aliphatic hydroxyl groups excluding tert-OH is 2. The Morgan fingerprint density at radius 2 is 1.72 bits per heavy atom. The molecular weight excluding hydrogens is 480 g/mol. The summed E-state index contributed by atoms with van der Waals surface area (Å²) < 4.78 is 31.7. The first-order chi connectivity index (χ1) is 14.8. The molecule has 1 aromatic rings. The van der Waals surface area contributed by atoms with Crippen molar-refractivity contribution in [2.24, 2.45) is 5.92 Å². The minimum absolute atomic E-state index is 0.0922. The minimum Gasteiger partial charge on any atom is -0.508 e. The van der Waals surface area contributed by atoms with Crippen LogP contribution in [0.1, 0.15) is 31.4 Å². The standard InChI is InChI=1S/C17H24Cl2N2O4.C2HF3O2/c1-2-20-16(11-7-12(18)13(19)8-14(11)23)10-3-5-21(6-4-10)17(25)15(24)9-22;3-2(4,5)1(6)7/h7-8,10,15-16,20,22-24H,2-6,9H2,1H3;(H,6,7). The topological polar surface area (TPSA) is 130 Å². The maximum absolute atomic E-state index is 12.0. The number of halogens is 5. The van der Waals surface area contributed by atoms with Crippen LogP contribution >= 0.6 is 23.2 Å². The Bertz CT molecular complexity index is 789. The highest BCUT2D eigenvalue weighted by Gasteiger charge is 2.38. The van der Waals surface area contributed by atoms with Gasteiger partial charge < -0.3 is 30.6 Å². The van der Waals surface area contributed by atoms with Crippen molar-refractivity contribution in [2.45, 2.75) is 38.1 Å². The van der Waals surface area contributed by atoms with E-state index in [-0.39, 0.29) is 17.7 Å². The van der Waals surface area contributed by atoms with Gasteiger partial charge in [0.2, 0.25) is 0 Å². The number of aliphatic carboxylic acids is 1. The van der Waals surface area contributed by atoms with Gasteiger partial charge >= 0.3 is 12.1 Å². The highest BCUT2D eigenvalue weighted by Crippen LogP contribution is 2.39. The highest BCUT2D eigenvalue weighted by atomic mass is 35.5. The van der Waals surface area contributed by atoms with Crippen LogP contribution in [0.15, 0.2) is 12.1 Å². The average Bonchev–Trinajstić information content (AvgIpc) is 2.73. The van der Waals surface area contributed by atoms with Crippen LogP contribution in [0, 0.1) is 5.92 Å². The summed E-state index contributed by atoms with van der Waals surface area (Å²) in [6, 6.07) is 3.01. The van der Waals surface area contributed by atoms with Gasteiger partial charge in [-0.1, -0.05) is 30.1 Å². The Kier molecular flexibility index (Phi) is 11.0. The number of rotatable bonds is 6. The second kappa shape index (κ2) is 12.4. The van der Waals surface area contributed by atoms with Crippen LogP contribution in [0.4, 0.5) is 13.2 Å². The predicted octanol–water partition coefficient (Wildman–Crippen LogP) is 2.57. The molecule has 0 saturated carbocycles. The Balaban J connectivity index is 0.000000633. The number of phenols is 1. The molecule has 0 radical (unpaired) electrons. The van der Waals surface area contributed by atoms with Crippen LogP contribution in [0.3, 0.4) is 0 Å². The monoisotopic (exact) mass is 504 g/mol. The van der Waals surface area contributed by atoms with E-state index in [0.29, 0.717) is 48.1 Å². The Morgan fingerprint density at radius 3 is 2.16 bits per heavy atom. The van der Waals surface area contributed by atoms with Crippen molar-refractivity contribution in [2.75, 3.05) is 26.2 Å². The van der Waals surface area contributed by atoms with E-state index in [2.05, 4.69) is 5.32 Å². The number of carbonyl (C=O) groups excluding carboxylic acids is 1. The number of hydrogen-bond donors (Lipinski definition) is 5. The second-order valence-corrected chi connectivity index (χ2v) is 7.84. The van der Waals surface area contributed by atoms with Gasteiger partial charge in [0.05, 0.1) is 16.7 Å². The number of carboxylic acids is 1. The van der Waals surface area contributed by atoms with Crippen molar-refractivity contribution < 1.29 is 43.2 Å². The van der Waals surface area contributed by atoms with E-state index in [1.807, 2.05) is 6.92 Å². The number of carboxylic acid groups (broad SMARTS) is 1. The third-order valence-corrected chi connectivity index (χ3v) is 5.57. The lowest BCUT2D eigenvalue weighted by Gasteiger charge is -2.37. The van der Waals surface area contributed by atoms with E-state index in [1.165, 1.54) is 6.07 Å². The summed E-state index contributed by atoms with van der Waals surface area (Å²) in [4.78, 5) is 22.4. The number of nitrogens with one attached hydrogen (secondary N) is 1. The van der Waals surface area contributed by atoms with Gasteiger partial charge in [-0.2, -0.15) is 13.2 Å². The molecule has 182 valence electrons. The molecule has 0 spiro atoms. The van der Waals surface area contributed by atoms with Gasteiger partial charge in [0.25, 0.3) is 5.91 Å². The number of phenolic OH excluding ortho intramolecular Hbond substituents is 1. The fourth-order valence-electron chi connectivity index (χ4n) is 3.29. The smallest absolute Gasteiger partial charge is 0.490 e. The van der Waals surface area contributed by atoms with E-state index < -0.39 is 30.8 Å². The third-order valence-electron chi connectivity index (χ3n) is 4.85. The zero-order valence-electron chi connectivity index (χ0n) is 17.1. The van der Waals surface area contributed by atoms with Crippen LogP contribution < -0.4 is 5.32 Å². The maximum atomic E-state index is 12.0. The molecule has 8 nitrogen and oxygen atoms in total. The summed E-state index contributed by atoms with van der Waals surface area (Å²) in [5.41, 5.74) is 0.691. The summed E-state index contributed by atoms with van der Waals surface area (Å²) in [6.07, 6.45) is -5.03. The summed E-state index contributed by atoms with van der Waals surface area (Å²) in [5.74, 6) is -2.92. The molecule has 1 aromatic carbocycles.